The Morgan fingerprint density at radius 3 is 1.62 bits per heavy atom. The molecule has 1 heterocycles. The van der Waals surface area contributed by atoms with E-state index in [9.17, 15) is 5.48 Å². The number of para-hydroxylation sites is 4. The fourth-order valence-corrected chi connectivity index (χ4v) is 7.06. The minimum Gasteiger partial charge on any atom is -0.309 e. The van der Waals surface area contributed by atoms with Crippen LogP contribution < -0.4 is 4.90 Å². The number of nitrogens with zero attached hydrogens (tertiary/aromatic N) is 2. The van der Waals surface area contributed by atoms with Crippen molar-refractivity contribution in [1.29, 1.82) is 0 Å². The van der Waals surface area contributed by atoms with Gasteiger partial charge >= 0.3 is 0 Å². The largest absolute Gasteiger partial charge is 0.309 e. The number of hydrogen-bond acceptors (Lipinski definition) is 1. The molecule has 0 aliphatic carbocycles. The first kappa shape index (κ1) is 25.4. The first-order chi connectivity index (χ1) is 26.5. The SMILES string of the molecule is [2H]c1c([2H])c(N(c2ccccc2-c2ccccc2)c2ccccc2-c2cccc3c2c2ccccc2n3-c2ccccc2)c([2H])c([2H])c1-c1ccccc1. The summed E-state index contributed by atoms with van der Waals surface area (Å²) in [4.78, 5) is 1.93. The summed E-state index contributed by atoms with van der Waals surface area (Å²) in [6, 6.07) is 60.2. The summed E-state index contributed by atoms with van der Waals surface area (Å²) in [6.45, 7) is 0. The fourth-order valence-electron chi connectivity index (χ4n) is 7.06. The zero-order valence-electron chi connectivity index (χ0n) is 31.2. The molecular formula is C48H34N2. The van der Waals surface area contributed by atoms with E-state index in [0.29, 0.717) is 5.56 Å². The molecule has 1 aromatic heterocycles. The van der Waals surface area contributed by atoms with Crippen LogP contribution in [0.2, 0.25) is 0 Å². The van der Waals surface area contributed by atoms with Crippen molar-refractivity contribution in [2.75, 3.05) is 4.90 Å². The lowest BCUT2D eigenvalue weighted by Gasteiger charge is -2.30. The fraction of sp³-hybridized carbons (Fsp3) is 0. The van der Waals surface area contributed by atoms with Crippen LogP contribution >= 0.6 is 0 Å². The van der Waals surface area contributed by atoms with Gasteiger partial charge in [-0.3, -0.25) is 0 Å². The maximum atomic E-state index is 9.60. The van der Waals surface area contributed by atoms with Crippen LogP contribution in [0, 0.1) is 0 Å². The van der Waals surface area contributed by atoms with Crippen molar-refractivity contribution < 1.29 is 5.48 Å². The summed E-state index contributed by atoms with van der Waals surface area (Å²) in [5.41, 5.74) is 9.54. The highest BCUT2D eigenvalue weighted by Crippen LogP contribution is 2.47. The molecule has 0 unspecified atom stereocenters. The molecule has 0 saturated heterocycles. The molecule has 9 rings (SSSR count). The number of hydrogen-bond donors (Lipinski definition) is 0. The van der Waals surface area contributed by atoms with Gasteiger partial charge in [0.05, 0.1) is 27.9 Å². The van der Waals surface area contributed by atoms with Gasteiger partial charge in [-0.05, 0) is 70.7 Å². The zero-order valence-corrected chi connectivity index (χ0v) is 27.2. The third-order valence-electron chi connectivity index (χ3n) is 9.27. The predicted molar refractivity (Wildman–Crippen MR) is 212 cm³/mol. The van der Waals surface area contributed by atoms with Gasteiger partial charge in [0.2, 0.25) is 0 Å². The summed E-state index contributed by atoms with van der Waals surface area (Å²) in [5.74, 6) is 0. The standard InChI is InChI=1S/C48H34N2/c1-4-17-35(18-5-1)36-31-33-39(34-32-36)49(44-27-13-10-23-40(44)37-19-6-2-7-20-37)45-28-14-11-24-41(45)42-26-16-30-47-48(42)43-25-12-15-29-46(43)50(47)38-21-8-3-9-22-38/h1-34H/i31D,32D,33D,34D. The normalized spacial score (nSPS) is 12.3. The van der Waals surface area contributed by atoms with Crippen LogP contribution in [-0.4, -0.2) is 4.57 Å². The van der Waals surface area contributed by atoms with Crippen LogP contribution in [0.3, 0.4) is 0 Å². The Bertz CT molecular complexity index is 2790. The zero-order chi connectivity index (χ0) is 36.8. The average molecular weight is 643 g/mol. The molecule has 236 valence electrons. The van der Waals surface area contributed by atoms with Gasteiger partial charge in [-0.25, -0.2) is 0 Å². The number of anilines is 3. The van der Waals surface area contributed by atoms with E-state index < -0.39 is 0 Å². The maximum Gasteiger partial charge on any atom is 0.0645 e. The number of rotatable bonds is 7. The second-order valence-corrected chi connectivity index (χ2v) is 12.2. The molecule has 0 amide bonds. The van der Waals surface area contributed by atoms with E-state index >= 15 is 0 Å². The summed E-state index contributed by atoms with van der Waals surface area (Å²) >= 11 is 0. The second-order valence-electron chi connectivity index (χ2n) is 12.2. The van der Waals surface area contributed by atoms with Gasteiger partial charge in [0.25, 0.3) is 0 Å². The molecule has 0 saturated carbocycles. The van der Waals surface area contributed by atoms with Gasteiger partial charge in [-0.2, -0.15) is 0 Å². The summed E-state index contributed by atoms with van der Waals surface area (Å²) < 4.78 is 40.2. The third kappa shape index (κ3) is 5.15. The average Bonchev–Trinajstić information content (AvgIpc) is 3.58. The highest BCUT2D eigenvalue weighted by Gasteiger charge is 2.23. The van der Waals surface area contributed by atoms with E-state index in [2.05, 4.69) is 89.5 Å². The highest BCUT2D eigenvalue weighted by molar-refractivity contribution is 6.17. The van der Waals surface area contributed by atoms with Crippen molar-refractivity contribution in [1.82, 2.24) is 4.57 Å². The topological polar surface area (TPSA) is 8.17 Å². The second kappa shape index (κ2) is 12.8. The lowest BCUT2D eigenvalue weighted by molar-refractivity contribution is 1.18. The Morgan fingerprint density at radius 1 is 0.380 bits per heavy atom. The third-order valence-corrected chi connectivity index (χ3v) is 9.27. The molecule has 0 atom stereocenters. The molecule has 0 aliphatic heterocycles. The Morgan fingerprint density at radius 2 is 0.900 bits per heavy atom. The van der Waals surface area contributed by atoms with Gasteiger partial charge in [-0.1, -0.05) is 158 Å². The first-order valence-electron chi connectivity index (χ1n) is 18.8. The molecule has 0 bridgehead atoms. The molecule has 8 aromatic carbocycles. The molecule has 0 aliphatic rings. The van der Waals surface area contributed by atoms with Crippen molar-refractivity contribution in [3.63, 3.8) is 0 Å². The summed E-state index contributed by atoms with van der Waals surface area (Å²) in [6.07, 6.45) is 0. The molecular weight excluding hydrogens is 605 g/mol. The van der Waals surface area contributed by atoms with Crippen LogP contribution in [0.15, 0.2) is 206 Å². The van der Waals surface area contributed by atoms with E-state index in [-0.39, 0.29) is 35.4 Å². The Labute approximate surface area is 298 Å². The van der Waals surface area contributed by atoms with Crippen LogP contribution in [0.25, 0.3) is 60.9 Å². The Hall–Kier alpha value is -6.64. The minimum absolute atomic E-state index is 0.0927. The number of fused-ring (bicyclic) bond motifs is 3. The molecule has 9 aromatic rings. The predicted octanol–water partition coefficient (Wildman–Crippen LogP) is 13.3. The molecule has 0 fully saturated rings. The van der Waals surface area contributed by atoms with Crippen molar-refractivity contribution in [3.05, 3.63) is 206 Å². The molecule has 2 nitrogen and oxygen atoms in total. The van der Waals surface area contributed by atoms with Crippen LogP contribution in [0.4, 0.5) is 17.1 Å². The Kier molecular flexibility index (Phi) is 6.48. The van der Waals surface area contributed by atoms with E-state index in [1.165, 1.54) is 0 Å². The first-order valence-corrected chi connectivity index (χ1v) is 16.8. The molecule has 50 heavy (non-hydrogen) atoms. The highest BCUT2D eigenvalue weighted by atomic mass is 15.1. The molecule has 2 heteroatoms. The smallest absolute Gasteiger partial charge is 0.0645 e. The minimum atomic E-state index is -0.119. The van der Waals surface area contributed by atoms with Crippen LogP contribution in [0.5, 0.6) is 0 Å². The monoisotopic (exact) mass is 642 g/mol. The number of benzene rings is 8. The molecule has 0 radical (unpaired) electrons. The molecule has 0 spiro atoms. The quantitative estimate of drug-likeness (QED) is 0.168. The van der Waals surface area contributed by atoms with Crippen LogP contribution in [0.1, 0.15) is 5.48 Å². The lowest BCUT2D eigenvalue weighted by atomic mass is 9.95. The van der Waals surface area contributed by atoms with Gasteiger partial charge in [0.15, 0.2) is 0 Å². The van der Waals surface area contributed by atoms with E-state index in [1.54, 1.807) is 0 Å². The van der Waals surface area contributed by atoms with E-state index in [1.807, 2.05) is 102 Å². The van der Waals surface area contributed by atoms with Crippen molar-refractivity contribution in [3.8, 4) is 39.1 Å². The summed E-state index contributed by atoms with van der Waals surface area (Å²) in [7, 11) is 0. The van der Waals surface area contributed by atoms with Gasteiger partial charge in [0, 0.05) is 33.3 Å². The van der Waals surface area contributed by atoms with E-state index in [4.69, 9.17) is 0 Å². The van der Waals surface area contributed by atoms with Crippen molar-refractivity contribution in [2.45, 2.75) is 0 Å². The van der Waals surface area contributed by atoms with Gasteiger partial charge in [0.1, 0.15) is 0 Å². The number of aromatic nitrogens is 1. The van der Waals surface area contributed by atoms with Crippen molar-refractivity contribution in [2.24, 2.45) is 0 Å². The lowest BCUT2D eigenvalue weighted by Crippen LogP contribution is -2.12. The maximum absolute atomic E-state index is 9.60. The van der Waals surface area contributed by atoms with Crippen LogP contribution in [-0.2, 0) is 0 Å². The van der Waals surface area contributed by atoms with Gasteiger partial charge < -0.3 is 9.47 Å². The van der Waals surface area contributed by atoms with Gasteiger partial charge in [-0.15, -0.1) is 0 Å². The van der Waals surface area contributed by atoms with E-state index in [0.717, 1.165) is 61.1 Å². The Balaban J connectivity index is 1.37. The summed E-state index contributed by atoms with van der Waals surface area (Å²) in [5, 5.41) is 2.19. The van der Waals surface area contributed by atoms with Crippen molar-refractivity contribution >= 4 is 38.9 Å². The molecule has 0 N–H and O–H groups in total.